The first kappa shape index (κ1) is 17.4. The van der Waals surface area contributed by atoms with Gasteiger partial charge in [-0.2, -0.15) is 0 Å². The summed E-state index contributed by atoms with van der Waals surface area (Å²) in [5.74, 6) is 1.52. The molecule has 0 amide bonds. The van der Waals surface area contributed by atoms with Crippen molar-refractivity contribution in [2.24, 2.45) is 10.7 Å². The second-order valence-corrected chi connectivity index (χ2v) is 6.26. The molecule has 0 saturated heterocycles. The standard InChI is InChI=1S/C17H25N3O.HI/c1-12-6-7-13(11-19-17(18)20-14-8-9-14)16(10-12)21-15-4-2-3-5-15;/h6-7,10,14-15H,2-5,8-9,11H2,1H3,(H3,18,19,20);1H. The molecular formula is C17H26IN3O. The van der Waals surface area contributed by atoms with Crippen molar-refractivity contribution in [3.8, 4) is 5.75 Å². The molecule has 3 N–H and O–H groups in total. The lowest BCUT2D eigenvalue weighted by Crippen LogP contribution is -2.33. The molecule has 1 aromatic rings. The average Bonchev–Trinajstić information content (AvgIpc) is 3.11. The van der Waals surface area contributed by atoms with Gasteiger partial charge >= 0.3 is 0 Å². The highest BCUT2D eigenvalue weighted by molar-refractivity contribution is 14.0. The first-order valence-corrected chi connectivity index (χ1v) is 8.03. The Morgan fingerprint density at radius 1 is 1.27 bits per heavy atom. The van der Waals surface area contributed by atoms with Crippen molar-refractivity contribution in [2.45, 2.75) is 64.1 Å². The second kappa shape index (κ2) is 8.04. The maximum atomic E-state index is 6.18. The number of aryl methyl sites for hydroxylation is 1. The lowest BCUT2D eigenvalue weighted by molar-refractivity contribution is 0.208. The molecule has 2 aliphatic rings. The predicted octanol–water partition coefficient (Wildman–Crippen LogP) is 3.50. The summed E-state index contributed by atoms with van der Waals surface area (Å²) in [5, 5.41) is 3.21. The zero-order valence-electron chi connectivity index (χ0n) is 13.2. The van der Waals surface area contributed by atoms with E-state index < -0.39 is 0 Å². The fourth-order valence-corrected chi connectivity index (χ4v) is 2.74. The minimum atomic E-state index is 0. The number of nitrogens with zero attached hydrogens (tertiary/aromatic N) is 1. The molecule has 5 heteroatoms. The van der Waals surface area contributed by atoms with Gasteiger partial charge in [-0.05, 0) is 57.1 Å². The van der Waals surface area contributed by atoms with E-state index in [0.717, 1.165) is 11.3 Å². The number of ether oxygens (including phenoxy) is 1. The summed E-state index contributed by atoms with van der Waals surface area (Å²) in [7, 11) is 0. The number of aliphatic imine (C=N–C) groups is 1. The van der Waals surface area contributed by atoms with Gasteiger partial charge in [0.05, 0.1) is 12.6 Å². The van der Waals surface area contributed by atoms with Gasteiger partial charge in [-0.15, -0.1) is 24.0 Å². The van der Waals surface area contributed by atoms with Crippen LogP contribution in [0.3, 0.4) is 0 Å². The molecule has 0 radical (unpaired) electrons. The molecule has 2 fully saturated rings. The minimum absolute atomic E-state index is 0. The Morgan fingerprint density at radius 3 is 2.68 bits per heavy atom. The van der Waals surface area contributed by atoms with Crippen LogP contribution in [0.1, 0.15) is 49.7 Å². The van der Waals surface area contributed by atoms with E-state index in [-0.39, 0.29) is 24.0 Å². The lowest BCUT2D eigenvalue weighted by Gasteiger charge is -2.16. The molecule has 0 aliphatic heterocycles. The molecule has 0 bridgehead atoms. The summed E-state index contributed by atoms with van der Waals surface area (Å²) in [6.07, 6.45) is 7.68. The van der Waals surface area contributed by atoms with Crippen LogP contribution in [0.2, 0.25) is 0 Å². The summed E-state index contributed by atoms with van der Waals surface area (Å²) >= 11 is 0. The molecule has 122 valence electrons. The Morgan fingerprint density at radius 2 is 2.00 bits per heavy atom. The maximum Gasteiger partial charge on any atom is 0.189 e. The van der Waals surface area contributed by atoms with E-state index in [1.165, 1.54) is 44.1 Å². The van der Waals surface area contributed by atoms with Gasteiger partial charge < -0.3 is 15.8 Å². The molecule has 2 saturated carbocycles. The first-order chi connectivity index (χ1) is 10.2. The van der Waals surface area contributed by atoms with E-state index in [1.807, 2.05) is 0 Å². The Hall–Kier alpha value is -0.980. The molecule has 0 atom stereocenters. The van der Waals surface area contributed by atoms with Crippen LogP contribution in [0.4, 0.5) is 0 Å². The van der Waals surface area contributed by atoms with Crippen LogP contribution in [0, 0.1) is 6.92 Å². The van der Waals surface area contributed by atoms with Gasteiger partial charge in [0.25, 0.3) is 0 Å². The smallest absolute Gasteiger partial charge is 0.189 e. The highest BCUT2D eigenvalue weighted by atomic mass is 127. The zero-order valence-corrected chi connectivity index (χ0v) is 15.5. The van der Waals surface area contributed by atoms with Crippen LogP contribution in [-0.4, -0.2) is 18.1 Å². The number of hydrogen-bond donors (Lipinski definition) is 2. The molecular weight excluding hydrogens is 389 g/mol. The van der Waals surface area contributed by atoms with Gasteiger partial charge in [0, 0.05) is 11.6 Å². The monoisotopic (exact) mass is 415 g/mol. The Kier molecular flexibility index (Phi) is 6.35. The number of rotatable bonds is 5. The van der Waals surface area contributed by atoms with Crippen LogP contribution in [0.5, 0.6) is 5.75 Å². The summed E-state index contributed by atoms with van der Waals surface area (Å²) < 4.78 is 6.18. The van der Waals surface area contributed by atoms with Crippen molar-refractivity contribution in [1.29, 1.82) is 0 Å². The number of benzene rings is 1. The summed E-state index contributed by atoms with van der Waals surface area (Å²) in [6.45, 7) is 2.67. The fraction of sp³-hybridized carbons (Fsp3) is 0.588. The largest absolute Gasteiger partial charge is 0.490 e. The molecule has 0 spiro atoms. The third-order valence-corrected chi connectivity index (χ3v) is 4.17. The highest BCUT2D eigenvalue weighted by Crippen LogP contribution is 2.28. The number of nitrogens with one attached hydrogen (secondary N) is 1. The molecule has 0 heterocycles. The second-order valence-electron chi connectivity index (χ2n) is 6.26. The normalized spacial score (nSPS) is 18.9. The van der Waals surface area contributed by atoms with E-state index >= 15 is 0 Å². The molecule has 3 rings (SSSR count). The Labute approximate surface area is 149 Å². The average molecular weight is 415 g/mol. The van der Waals surface area contributed by atoms with Crippen molar-refractivity contribution in [1.82, 2.24) is 5.32 Å². The van der Waals surface area contributed by atoms with E-state index in [4.69, 9.17) is 10.5 Å². The third-order valence-electron chi connectivity index (χ3n) is 4.17. The van der Waals surface area contributed by atoms with Gasteiger partial charge in [-0.3, -0.25) is 0 Å². The summed E-state index contributed by atoms with van der Waals surface area (Å²) in [6, 6.07) is 6.87. The van der Waals surface area contributed by atoms with E-state index in [0.29, 0.717) is 24.7 Å². The third kappa shape index (κ3) is 5.04. The van der Waals surface area contributed by atoms with Crippen LogP contribution in [0.15, 0.2) is 23.2 Å². The molecule has 0 aromatic heterocycles. The van der Waals surface area contributed by atoms with Crippen LogP contribution in [0.25, 0.3) is 0 Å². The van der Waals surface area contributed by atoms with E-state index in [1.54, 1.807) is 0 Å². The summed E-state index contributed by atoms with van der Waals surface area (Å²) in [4.78, 5) is 4.44. The fourth-order valence-electron chi connectivity index (χ4n) is 2.74. The van der Waals surface area contributed by atoms with Crippen LogP contribution in [-0.2, 0) is 6.54 Å². The number of nitrogens with two attached hydrogens (primary N) is 1. The van der Waals surface area contributed by atoms with E-state index in [9.17, 15) is 0 Å². The van der Waals surface area contributed by atoms with Crippen molar-refractivity contribution >= 4 is 29.9 Å². The quantitative estimate of drug-likeness (QED) is 0.440. The molecule has 22 heavy (non-hydrogen) atoms. The Bertz CT molecular complexity index is 523. The highest BCUT2D eigenvalue weighted by Gasteiger charge is 2.21. The van der Waals surface area contributed by atoms with Crippen LogP contribution >= 0.6 is 24.0 Å². The van der Waals surface area contributed by atoms with Gasteiger partial charge in [-0.25, -0.2) is 4.99 Å². The zero-order chi connectivity index (χ0) is 14.7. The van der Waals surface area contributed by atoms with Crippen molar-refractivity contribution in [3.05, 3.63) is 29.3 Å². The topological polar surface area (TPSA) is 59.6 Å². The van der Waals surface area contributed by atoms with Crippen molar-refractivity contribution in [2.75, 3.05) is 0 Å². The van der Waals surface area contributed by atoms with Crippen molar-refractivity contribution in [3.63, 3.8) is 0 Å². The maximum absolute atomic E-state index is 6.18. The Balaban J connectivity index is 0.00000176. The number of halogens is 1. The number of hydrogen-bond acceptors (Lipinski definition) is 2. The van der Waals surface area contributed by atoms with Gasteiger partial charge in [0.15, 0.2) is 5.96 Å². The molecule has 1 aromatic carbocycles. The number of guanidine groups is 1. The summed E-state index contributed by atoms with van der Waals surface area (Å²) in [5.41, 5.74) is 8.24. The SMILES string of the molecule is Cc1ccc(CN=C(N)NC2CC2)c(OC2CCCC2)c1.I. The lowest BCUT2D eigenvalue weighted by atomic mass is 10.1. The first-order valence-electron chi connectivity index (χ1n) is 8.03. The van der Waals surface area contributed by atoms with Gasteiger partial charge in [-0.1, -0.05) is 12.1 Å². The minimum Gasteiger partial charge on any atom is -0.490 e. The molecule has 2 aliphatic carbocycles. The van der Waals surface area contributed by atoms with E-state index in [2.05, 4.69) is 35.4 Å². The van der Waals surface area contributed by atoms with Crippen molar-refractivity contribution < 1.29 is 4.74 Å². The van der Waals surface area contributed by atoms with Crippen LogP contribution < -0.4 is 15.8 Å². The van der Waals surface area contributed by atoms with Gasteiger partial charge in [0.2, 0.25) is 0 Å². The molecule has 0 unspecified atom stereocenters. The predicted molar refractivity (Wildman–Crippen MR) is 101 cm³/mol. The van der Waals surface area contributed by atoms with Gasteiger partial charge in [0.1, 0.15) is 5.75 Å². The molecule has 4 nitrogen and oxygen atoms in total.